The van der Waals surface area contributed by atoms with E-state index in [-0.39, 0.29) is 0 Å². The second-order valence-electron chi connectivity index (χ2n) is 7.66. The highest BCUT2D eigenvalue weighted by Gasteiger charge is 2.47. The molecule has 0 nitrogen and oxygen atoms in total. The molecule has 0 saturated heterocycles. The Morgan fingerprint density at radius 2 is 0.818 bits per heavy atom. The quantitative estimate of drug-likeness (QED) is 0.576. The Morgan fingerprint density at radius 3 is 1.05 bits per heavy atom. The highest BCUT2D eigenvalue weighted by atomic mass is 14.5. The largest absolute Gasteiger partial charge is 0.103 e. The summed E-state index contributed by atoms with van der Waals surface area (Å²) in [6.07, 6.45) is 13.0. The molecule has 4 rings (SSSR count). The number of hydrogen-bond donors (Lipinski definition) is 0. The van der Waals surface area contributed by atoms with Gasteiger partial charge in [-0.2, -0.15) is 0 Å². The standard InChI is InChI=1S/2C11H16/c2*1-2-9-10-7-5-3-4-6-8-11(9)10/h2*9-11H,2,5-8H2,1H3/t2*9?,10-,11+. The summed E-state index contributed by atoms with van der Waals surface area (Å²) in [4.78, 5) is 0. The van der Waals surface area contributed by atoms with Crippen LogP contribution in [-0.4, -0.2) is 0 Å². The zero-order chi connectivity index (χ0) is 15.4. The molecule has 0 heterocycles. The molecule has 0 heteroatoms. The maximum absolute atomic E-state index is 3.24. The third-order valence-electron chi connectivity index (χ3n) is 6.62. The molecule has 0 amide bonds. The predicted octanol–water partition coefficient (Wildman–Crippen LogP) is 5.67. The van der Waals surface area contributed by atoms with Gasteiger partial charge in [-0.3, -0.25) is 0 Å². The van der Waals surface area contributed by atoms with Crippen LogP contribution in [0.2, 0.25) is 0 Å². The lowest BCUT2D eigenvalue weighted by Crippen LogP contribution is -1.85. The van der Waals surface area contributed by atoms with Crippen LogP contribution >= 0.6 is 0 Å². The summed E-state index contributed by atoms with van der Waals surface area (Å²) < 4.78 is 0. The maximum Gasteiger partial charge on any atom is 0.00915 e. The van der Waals surface area contributed by atoms with Crippen LogP contribution in [0.4, 0.5) is 0 Å². The average molecular weight is 296 g/mol. The van der Waals surface area contributed by atoms with Crippen molar-refractivity contribution in [3.05, 3.63) is 0 Å². The van der Waals surface area contributed by atoms with Crippen molar-refractivity contribution in [3.8, 4) is 23.7 Å². The van der Waals surface area contributed by atoms with Gasteiger partial charge in [0.25, 0.3) is 0 Å². The van der Waals surface area contributed by atoms with Crippen LogP contribution in [-0.2, 0) is 0 Å². The number of hydrogen-bond acceptors (Lipinski definition) is 0. The van der Waals surface area contributed by atoms with Gasteiger partial charge in [0.2, 0.25) is 0 Å². The highest BCUT2D eigenvalue weighted by Crippen LogP contribution is 2.54. The average Bonchev–Trinajstić information content (AvgIpc) is 3.34. The van der Waals surface area contributed by atoms with Gasteiger partial charge >= 0.3 is 0 Å². The Labute approximate surface area is 137 Å². The third kappa shape index (κ3) is 3.71. The first-order chi connectivity index (χ1) is 10.9. The van der Waals surface area contributed by atoms with Gasteiger partial charge in [0.15, 0.2) is 0 Å². The van der Waals surface area contributed by atoms with E-state index in [1.54, 1.807) is 0 Å². The van der Waals surface area contributed by atoms with Gasteiger partial charge in [-0.1, -0.05) is 26.7 Å². The van der Waals surface area contributed by atoms with Crippen LogP contribution in [0.5, 0.6) is 0 Å². The molecule has 4 aliphatic carbocycles. The van der Waals surface area contributed by atoms with Crippen molar-refractivity contribution in [1.82, 2.24) is 0 Å². The van der Waals surface area contributed by atoms with Gasteiger partial charge in [-0.05, 0) is 61.2 Å². The molecular weight excluding hydrogens is 264 g/mol. The van der Waals surface area contributed by atoms with Gasteiger partial charge in [0, 0.05) is 25.7 Å². The van der Waals surface area contributed by atoms with E-state index >= 15 is 0 Å². The van der Waals surface area contributed by atoms with E-state index in [2.05, 4.69) is 37.5 Å². The SMILES string of the molecule is CCC1[C@H]2CCC#CCC[C@@H]12.CCC1[C@H]2CCC#CCC[C@@H]12. The predicted molar refractivity (Wildman–Crippen MR) is 94.0 cm³/mol. The molecule has 0 aromatic rings. The fraction of sp³-hybridized carbons (Fsp3) is 0.818. The normalized spacial score (nSPS) is 41.0. The van der Waals surface area contributed by atoms with Gasteiger partial charge in [-0.25, -0.2) is 0 Å². The van der Waals surface area contributed by atoms with E-state index in [1.165, 1.54) is 38.5 Å². The fourth-order valence-corrected chi connectivity index (χ4v) is 5.28. The van der Waals surface area contributed by atoms with Crippen molar-refractivity contribution in [1.29, 1.82) is 0 Å². The van der Waals surface area contributed by atoms with E-state index in [0.29, 0.717) is 0 Å². The van der Waals surface area contributed by atoms with Crippen LogP contribution in [0, 0.1) is 59.2 Å². The van der Waals surface area contributed by atoms with Crippen molar-refractivity contribution < 1.29 is 0 Å². The topological polar surface area (TPSA) is 0 Å². The summed E-state index contributed by atoms with van der Waals surface area (Å²) in [5.74, 6) is 19.3. The summed E-state index contributed by atoms with van der Waals surface area (Å²) in [6, 6.07) is 0. The van der Waals surface area contributed by atoms with Crippen molar-refractivity contribution in [2.45, 2.75) is 78.1 Å². The highest BCUT2D eigenvalue weighted by molar-refractivity contribution is 5.08. The minimum absolute atomic E-state index is 1.06. The Bertz CT molecular complexity index is 398. The molecule has 4 aliphatic rings. The second kappa shape index (κ2) is 7.59. The summed E-state index contributed by atoms with van der Waals surface area (Å²) in [5.41, 5.74) is 0. The zero-order valence-electron chi connectivity index (χ0n) is 14.5. The minimum atomic E-state index is 1.06. The number of fused-ring (bicyclic) bond motifs is 2. The Hall–Kier alpha value is -0.880. The molecule has 120 valence electrons. The summed E-state index contributed by atoms with van der Waals surface area (Å²) >= 11 is 0. The molecule has 0 aromatic heterocycles. The molecule has 6 atom stereocenters. The van der Waals surface area contributed by atoms with E-state index in [9.17, 15) is 0 Å². The van der Waals surface area contributed by atoms with Gasteiger partial charge in [0.1, 0.15) is 0 Å². The molecule has 0 N–H and O–H groups in total. The Kier molecular flexibility index (Phi) is 5.52. The lowest BCUT2D eigenvalue weighted by atomic mass is 10.1. The van der Waals surface area contributed by atoms with E-state index in [0.717, 1.165) is 61.2 Å². The van der Waals surface area contributed by atoms with Crippen molar-refractivity contribution in [3.63, 3.8) is 0 Å². The molecule has 2 saturated carbocycles. The first-order valence-corrected chi connectivity index (χ1v) is 9.78. The third-order valence-corrected chi connectivity index (χ3v) is 6.62. The van der Waals surface area contributed by atoms with Crippen LogP contribution in [0.1, 0.15) is 78.1 Å². The lowest BCUT2D eigenvalue weighted by molar-refractivity contribution is 0.618. The van der Waals surface area contributed by atoms with E-state index < -0.39 is 0 Å². The van der Waals surface area contributed by atoms with Crippen LogP contribution in [0.3, 0.4) is 0 Å². The van der Waals surface area contributed by atoms with Gasteiger partial charge in [-0.15, -0.1) is 23.7 Å². The molecule has 0 aromatic carbocycles. The molecule has 0 bridgehead atoms. The van der Waals surface area contributed by atoms with Gasteiger partial charge in [0.05, 0.1) is 0 Å². The molecule has 2 fully saturated rings. The number of rotatable bonds is 2. The molecule has 22 heavy (non-hydrogen) atoms. The smallest absolute Gasteiger partial charge is 0.00915 e. The Morgan fingerprint density at radius 1 is 0.545 bits per heavy atom. The minimum Gasteiger partial charge on any atom is -0.103 e. The van der Waals surface area contributed by atoms with Crippen molar-refractivity contribution in [2.75, 3.05) is 0 Å². The maximum atomic E-state index is 3.24. The molecular formula is C22H32. The molecule has 0 aliphatic heterocycles. The summed E-state index contributed by atoms with van der Waals surface area (Å²) in [5, 5.41) is 0. The lowest BCUT2D eigenvalue weighted by Gasteiger charge is -1.96. The first kappa shape index (κ1) is 16.0. The van der Waals surface area contributed by atoms with Crippen LogP contribution in [0.25, 0.3) is 0 Å². The van der Waals surface area contributed by atoms with Crippen molar-refractivity contribution in [2.24, 2.45) is 35.5 Å². The second-order valence-corrected chi connectivity index (χ2v) is 7.66. The molecule has 2 unspecified atom stereocenters. The van der Waals surface area contributed by atoms with E-state index in [1.807, 2.05) is 0 Å². The Balaban J connectivity index is 0.000000131. The fourth-order valence-electron chi connectivity index (χ4n) is 5.28. The van der Waals surface area contributed by atoms with Crippen LogP contribution < -0.4 is 0 Å². The van der Waals surface area contributed by atoms with Crippen molar-refractivity contribution >= 4 is 0 Å². The van der Waals surface area contributed by atoms with Crippen LogP contribution in [0.15, 0.2) is 0 Å². The first-order valence-electron chi connectivity index (χ1n) is 9.78. The summed E-state index contributed by atoms with van der Waals surface area (Å²) in [7, 11) is 0. The van der Waals surface area contributed by atoms with E-state index in [4.69, 9.17) is 0 Å². The van der Waals surface area contributed by atoms with Gasteiger partial charge < -0.3 is 0 Å². The molecule has 0 radical (unpaired) electrons. The monoisotopic (exact) mass is 296 g/mol. The molecule has 0 spiro atoms. The summed E-state index contributed by atoms with van der Waals surface area (Å²) in [6.45, 7) is 4.66. The zero-order valence-corrected chi connectivity index (χ0v) is 14.5.